The van der Waals surface area contributed by atoms with Crippen LogP contribution in [0.1, 0.15) is 11.1 Å². The van der Waals surface area contributed by atoms with Crippen molar-refractivity contribution in [2.75, 3.05) is 7.11 Å². The number of benzene rings is 1. The van der Waals surface area contributed by atoms with Crippen LogP contribution in [0.4, 0.5) is 0 Å². The lowest BCUT2D eigenvalue weighted by Gasteiger charge is -2.08. The first-order chi connectivity index (χ1) is 7.20. The van der Waals surface area contributed by atoms with Crippen molar-refractivity contribution in [1.29, 1.82) is 0 Å². The molecule has 0 aliphatic carbocycles. The molecule has 1 heterocycles. The number of amidine groups is 1. The predicted molar refractivity (Wildman–Crippen MR) is 66.3 cm³/mol. The van der Waals surface area contributed by atoms with Crippen LogP contribution in [0.25, 0.3) is 6.08 Å². The lowest BCUT2D eigenvalue weighted by Crippen LogP contribution is -2.14. The number of aliphatic imine (C=N–C) groups is 1. The average molecular weight is 241 g/mol. The van der Waals surface area contributed by atoms with E-state index in [0.717, 1.165) is 11.1 Å². The molecule has 1 aromatic rings. The second-order valence-corrected chi connectivity index (χ2v) is 3.34. The van der Waals surface area contributed by atoms with Gasteiger partial charge in [-0.2, -0.15) is 0 Å². The molecule has 1 aliphatic rings. The highest BCUT2D eigenvalue weighted by Gasteiger charge is 2.10. The monoisotopic (exact) mass is 240 g/mol. The maximum Gasteiger partial charge on any atom is 0.161 e. The molecule has 0 saturated carbocycles. The van der Waals surface area contributed by atoms with Gasteiger partial charge in [-0.25, -0.2) is 4.99 Å². The number of hydrogen-bond acceptors (Lipinski definition) is 4. The summed E-state index contributed by atoms with van der Waals surface area (Å²) in [6.45, 7) is 0. The Bertz CT molecular complexity index is 456. The summed E-state index contributed by atoms with van der Waals surface area (Å²) in [5.41, 5.74) is 7.57. The zero-order valence-corrected chi connectivity index (χ0v) is 9.62. The van der Waals surface area contributed by atoms with E-state index in [2.05, 4.69) is 4.99 Å². The molecular weight excluding hydrogens is 228 g/mol. The van der Waals surface area contributed by atoms with E-state index in [9.17, 15) is 5.11 Å². The lowest BCUT2D eigenvalue weighted by atomic mass is 10.0. The van der Waals surface area contributed by atoms with Crippen molar-refractivity contribution in [3.8, 4) is 11.5 Å². The maximum absolute atomic E-state index is 9.61. The van der Waals surface area contributed by atoms with E-state index in [4.69, 9.17) is 10.5 Å². The quantitative estimate of drug-likeness (QED) is 0.785. The van der Waals surface area contributed by atoms with Crippen molar-refractivity contribution in [1.82, 2.24) is 0 Å². The topological polar surface area (TPSA) is 67.8 Å². The van der Waals surface area contributed by atoms with Crippen LogP contribution in [-0.2, 0) is 6.42 Å². The number of aromatic hydroxyl groups is 1. The lowest BCUT2D eigenvalue weighted by molar-refractivity contribution is 0.373. The first-order valence-corrected chi connectivity index (χ1v) is 4.59. The molecule has 2 rings (SSSR count). The number of phenolic OH excluding ortho intramolecular Hbond substituents is 1. The highest BCUT2D eigenvalue weighted by atomic mass is 35.5. The molecule has 1 aliphatic heterocycles. The Balaban J connectivity index is 0.00000128. The highest BCUT2D eigenvalue weighted by Crippen LogP contribution is 2.31. The Kier molecular flexibility index (Phi) is 3.79. The summed E-state index contributed by atoms with van der Waals surface area (Å²) in [5, 5.41) is 9.61. The first-order valence-electron chi connectivity index (χ1n) is 4.59. The van der Waals surface area contributed by atoms with Crippen LogP contribution >= 0.6 is 12.4 Å². The molecule has 0 bridgehead atoms. The molecule has 0 aromatic heterocycles. The SMILES string of the molecule is COc1cc2c(cc1O)CC(N)=NC=C2.Cl. The molecule has 86 valence electrons. The number of phenols is 1. The van der Waals surface area contributed by atoms with Crippen molar-refractivity contribution in [2.24, 2.45) is 10.7 Å². The third-order valence-electron chi connectivity index (χ3n) is 2.31. The molecule has 0 spiro atoms. The van der Waals surface area contributed by atoms with Gasteiger partial charge < -0.3 is 15.6 Å². The number of methoxy groups -OCH3 is 1. The van der Waals surface area contributed by atoms with Crippen molar-refractivity contribution in [2.45, 2.75) is 6.42 Å². The zero-order valence-electron chi connectivity index (χ0n) is 8.80. The summed E-state index contributed by atoms with van der Waals surface area (Å²) in [5.74, 6) is 1.12. The standard InChI is InChI=1S/C11H12N2O2.ClH/c1-15-10-5-7-2-3-13-11(12)6-8(7)4-9(10)14;/h2-5,14H,6H2,1H3,(H2,12,13);1H. The molecule has 0 radical (unpaired) electrons. The van der Waals surface area contributed by atoms with Crippen LogP contribution in [0.5, 0.6) is 11.5 Å². The van der Waals surface area contributed by atoms with Gasteiger partial charge in [-0.3, -0.25) is 0 Å². The Morgan fingerprint density at radius 1 is 1.44 bits per heavy atom. The summed E-state index contributed by atoms with van der Waals surface area (Å²) in [6.07, 6.45) is 4.04. The van der Waals surface area contributed by atoms with Gasteiger partial charge in [0.2, 0.25) is 0 Å². The summed E-state index contributed by atoms with van der Waals surface area (Å²) in [4.78, 5) is 4.01. The molecular formula is C11H13ClN2O2. The Hall–Kier alpha value is -1.68. The second kappa shape index (κ2) is 4.90. The molecule has 1 aromatic carbocycles. The van der Waals surface area contributed by atoms with Gasteiger partial charge in [0, 0.05) is 12.6 Å². The zero-order chi connectivity index (χ0) is 10.8. The fourth-order valence-electron chi connectivity index (χ4n) is 1.55. The average Bonchev–Trinajstić information content (AvgIpc) is 2.37. The van der Waals surface area contributed by atoms with E-state index < -0.39 is 0 Å². The minimum atomic E-state index is 0. The maximum atomic E-state index is 9.61. The van der Waals surface area contributed by atoms with Gasteiger partial charge >= 0.3 is 0 Å². The van der Waals surface area contributed by atoms with E-state index in [1.807, 2.05) is 6.08 Å². The molecule has 4 nitrogen and oxygen atoms in total. The van der Waals surface area contributed by atoms with Crippen molar-refractivity contribution < 1.29 is 9.84 Å². The van der Waals surface area contributed by atoms with Gasteiger partial charge in [0.25, 0.3) is 0 Å². The molecule has 0 amide bonds. The van der Waals surface area contributed by atoms with Crippen molar-refractivity contribution >= 4 is 24.3 Å². The largest absolute Gasteiger partial charge is 0.504 e. The smallest absolute Gasteiger partial charge is 0.161 e. The van der Waals surface area contributed by atoms with Crippen molar-refractivity contribution in [3.05, 3.63) is 29.5 Å². The van der Waals surface area contributed by atoms with Crippen LogP contribution in [0.15, 0.2) is 23.3 Å². The number of nitrogens with two attached hydrogens (primary N) is 1. The molecule has 3 N–H and O–H groups in total. The molecule has 0 unspecified atom stereocenters. The second-order valence-electron chi connectivity index (χ2n) is 3.34. The van der Waals surface area contributed by atoms with Crippen molar-refractivity contribution in [3.63, 3.8) is 0 Å². The van der Waals surface area contributed by atoms with Gasteiger partial charge in [0.1, 0.15) is 5.84 Å². The fraction of sp³-hybridized carbons (Fsp3) is 0.182. The van der Waals surface area contributed by atoms with E-state index >= 15 is 0 Å². The number of rotatable bonds is 1. The van der Waals surface area contributed by atoms with Crippen LogP contribution in [-0.4, -0.2) is 18.1 Å². The molecule has 0 atom stereocenters. The van der Waals surface area contributed by atoms with Crippen LogP contribution in [0, 0.1) is 0 Å². The van der Waals surface area contributed by atoms with Gasteiger partial charge in [0.05, 0.1) is 7.11 Å². The number of fused-ring (bicyclic) bond motifs is 1. The molecule has 0 saturated heterocycles. The minimum absolute atomic E-state index is 0. The van der Waals surface area contributed by atoms with Crippen LogP contribution < -0.4 is 10.5 Å². The number of nitrogens with zero attached hydrogens (tertiary/aromatic N) is 1. The van der Waals surface area contributed by atoms with Gasteiger partial charge in [-0.1, -0.05) is 0 Å². The summed E-state index contributed by atoms with van der Waals surface area (Å²) in [7, 11) is 1.52. The van der Waals surface area contributed by atoms with Crippen LogP contribution in [0.2, 0.25) is 0 Å². The minimum Gasteiger partial charge on any atom is -0.504 e. The number of ether oxygens (including phenoxy) is 1. The molecule has 5 heteroatoms. The van der Waals surface area contributed by atoms with E-state index in [1.54, 1.807) is 18.3 Å². The molecule has 16 heavy (non-hydrogen) atoms. The summed E-state index contributed by atoms with van der Waals surface area (Å²) >= 11 is 0. The normalized spacial score (nSPS) is 13.2. The fourth-order valence-corrected chi connectivity index (χ4v) is 1.55. The van der Waals surface area contributed by atoms with E-state index in [0.29, 0.717) is 18.0 Å². The van der Waals surface area contributed by atoms with Gasteiger partial charge in [0.15, 0.2) is 11.5 Å². The highest BCUT2D eigenvalue weighted by molar-refractivity contribution is 5.86. The third kappa shape index (κ3) is 2.28. The Morgan fingerprint density at radius 2 is 2.19 bits per heavy atom. The van der Waals surface area contributed by atoms with Gasteiger partial charge in [-0.05, 0) is 29.3 Å². The predicted octanol–water partition coefficient (Wildman–Crippen LogP) is 1.71. The van der Waals surface area contributed by atoms with E-state index in [-0.39, 0.29) is 18.2 Å². The van der Waals surface area contributed by atoms with E-state index in [1.165, 1.54) is 7.11 Å². The summed E-state index contributed by atoms with van der Waals surface area (Å²) in [6, 6.07) is 3.43. The first kappa shape index (κ1) is 12.4. The third-order valence-corrected chi connectivity index (χ3v) is 2.31. The summed E-state index contributed by atoms with van der Waals surface area (Å²) < 4.78 is 5.03. The Labute approximate surface area is 99.9 Å². The number of halogens is 1. The van der Waals surface area contributed by atoms with Gasteiger partial charge in [-0.15, -0.1) is 12.4 Å². The van der Waals surface area contributed by atoms with Crippen LogP contribution in [0.3, 0.4) is 0 Å². The molecule has 0 fully saturated rings. The number of hydrogen-bond donors (Lipinski definition) is 2. The Morgan fingerprint density at radius 3 is 2.88 bits per heavy atom.